The molecule has 17 heavy (non-hydrogen) atoms. The summed E-state index contributed by atoms with van der Waals surface area (Å²) in [5.74, 6) is 0.728. The van der Waals surface area contributed by atoms with Crippen molar-refractivity contribution in [3.8, 4) is 17.1 Å². The number of hydrogen-bond donors (Lipinski definition) is 2. The summed E-state index contributed by atoms with van der Waals surface area (Å²) in [4.78, 5) is 8.51. The number of benzene rings is 1. The molecule has 1 aromatic heterocycles. The quantitative estimate of drug-likeness (QED) is 0.830. The van der Waals surface area contributed by atoms with Gasteiger partial charge in [0.2, 0.25) is 0 Å². The van der Waals surface area contributed by atoms with Crippen molar-refractivity contribution in [1.29, 1.82) is 0 Å². The summed E-state index contributed by atoms with van der Waals surface area (Å²) < 4.78 is 0. The fraction of sp³-hybridized carbons (Fsp3) is 0.231. The zero-order valence-corrected chi connectivity index (χ0v) is 9.75. The van der Waals surface area contributed by atoms with Gasteiger partial charge in [-0.1, -0.05) is 12.1 Å². The molecular formula is C13H14N2O2. The van der Waals surface area contributed by atoms with Crippen molar-refractivity contribution in [2.24, 2.45) is 0 Å². The number of nitrogens with zero attached hydrogens (tertiary/aromatic N) is 2. The zero-order valence-electron chi connectivity index (χ0n) is 9.75. The number of aliphatic hydroxyl groups excluding tert-OH is 1. The maximum Gasteiger partial charge on any atom is 0.159 e. The Morgan fingerprint density at radius 2 is 2.06 bits per heavy atom. The Hall–Kier alpha value is -1.94. The molecule has 0 saturated heterocycles. The minimum atomic E-state index is -0.576. The number of rotatable bonds is 2. The van der Waals surface area contributed by atoms with E-state index < -0.39 is 6.10 Å². The Kier molecular flexibility index (Phi) is 3.06. The van der Waals surface area contributed by atoms with Crippen LogP contribution < -0.4 is 0 Å². The van der Waals surface area contributed by atoms with Gasteiger partial charge in [0.25, 0.3) is 0 Å². The molecule has 2 N–H and O–H groups in total. The summed E-state index contributed by atoms with van der Waals surface area (Å²) in [6.45, 7) is 3.51. The predicted octanol–water partition coefficient (Wildman–Crippen LogP) is 2.21. The maximum atomic E-state index is 9.49. The van der Waals surface area contributed by atoms with E-state index in [1.807, 2.05) is 13.0 Å². The van der Waals surface area contributed by atoms with Gasteiger partial charge in [0.05, 0.1) is 6.10 Å². The van der Waals surface area contributed by atoms with Crippen LogP contribution in [0.3, 0.4) is 0 Å². The lowest BCUT2D eigenvalue weighted by Gasteiger charge is -2.09. The summed E-state index contributed by atoms with van der Waals surface area (Å²) in [5.41, 5.74) is 2.22. The molecule has 0 fully saturated rings. The second kappa shape index (κ2) is 4.51. The Morgan fingerprint density at radius 1 is 1.29 bits per heavy atom. The highest BCUT2D eigenvalue weighted by Crippen LogP contribution is 2.22. The molecule has 0 saturated carbocycles. The average molecular weight is 230 g/mol. The van der Waals surface area contributed by atoms with Crippen LogP contribution in [0.25, 0.3) is 11.4 Å². The minimum Gasteiger partial charge on any atom is -0.508 e. The van der Waals surface area contributed by atoms with E-state index in [0.717, 1.165) is 11.3 Å². The number of hydrogen-bond acceptors (Lipinski definition) is 4. The molecular weight excluding hydrogens is 216 g/mol. The van der Waals surface area contributed by atoms with E-state index in [9.17, 15) is 10.2 Å². The first-order chi connectivity index (χ1) is 8.08. The van der Waals surface area contributed by atoms with Crippen molar-refractivity contribution in [3.05, 3.63) is 41.7 Å². The molecule has 0 aliphatic rings. The molecule has 2 rings (SSSR count). The van der Waals surface area contributed by atoms with Gasteiger partial charge in [-0.2, -0.15) is 0 Å². The number of phenols is 1. The Morgan fingerprint density at radius 3 is 2.65 bits per heavy atom. The van der Waals surface area contributed by atoms with Crippen molar-refractivity contribution in [1.82, 2.24) is 9.97 Å². The monoisotopic (exact) mass is 230 g/mol. The van der Waals surface area contributed by atoms with E-state index in [2.05, 4.69) is 9.97 Å². The van der Waals surface area contributed by atoms with Crippen molar-refractivity contribution in [2.45, 2.75) is 20.0 Å². The number of aromatic hydroxyl groups is 1. The third kappa shape index (κ3) is 2.42. The second-order valence-corrected chi connectivity index (χ2v) is 3.96. The fourth-order valence-corrected chi connectivity index (χ4v) is 1.67. The standard InChI is InChI=1S/C13H14N2O2/c1-8-12(9(2)16)7-14-13(15-8)10-4-3-5-11(17)6-10/h3-7,9,16-17H,1-2H3/t9-/m0/s1. The van der Waals surface area contributed by atoms with Crippen molar-refractivity contribution < 1.29 is 10.2 Å². The van der Waals surface area contributed by atoms with Gasteiger partial charge in [0, 0.05) is 23.0 Å². The van der Waals surface area contributed by atoms with Crippen LogP contribution in [0.4, 0.5) is 0 Å². The lowest BCUT2D eigenvalue weighted by atomic mass is 10.1. The number of aryl methyl sites for hydroxylation is 1. The van der Waals surface area contributed by atoms with Gasteiger partial charge in [0.15, 0.2) is 5.82 Å². The average Bonchev–Trinajstić information content (AvgIpc) is 2.28. The van der Waals surface area contributed by atoms with Crippen molar-refractivity contribution in [3.63, 3.8) is 0 Å². The van der Waals surface area contributed by atoms with E-state index in [4.69, 9.17) is 0 Å². The van der Waals surface area contributed by atoms with Crippen LogP contribution in [0.2, 0.25) is 0 Å². The molecule has 4 heteroatoms. The van der Waals surface area contributed by atoms with E-state index >= 15 is 0 Å². The molecule has 1 atom stereocenters. The van der Waals surface area contributed by atoms with Crippen molar-refractivity contribution in [2.75, 3.05) is 0 Å². The van der Waals surface area contributed by atoms with E-state index in [0.29, 0.717) is 11.4 Å². The van der Waals surface area contributed by atoms with Crippen LogP contribution in [0.1, 0.15) is 24.3 Å². The first-order valence-corrected chi connectivity index (χ1v) is 5.39. The van der Waals surface area contributed by atoms with E-state index in [1.165, 1.54) is 0 Å². The van der Waals surface area contributed by atoms with Gasteiger partial charge in [-0.15, -0.1) is 0 Å². The Balaban J connectivity index is 2.44. The van der Waals surface area contributed by atoms with Gasteiger partial charge in [-0.05, 0) is 26.0 Å². The van der Waals surface area contributed by atoms with Gasteiger partial charge < -0.3 is 10.2 Å². The normalized spacial score (nSPS) is 12.4. The summed E-state index contributed by atoms with van der Waals surface area (Å²) in [7, 11) is 0. The largest absolute Gasteiger partial charge is 0.508 e. The van der Waals surface area contributed by atoms with Crippen LogP contribution in [0.15, 0.2) is 30.5 Å². The molecule has 0 spiro atoms. The number of aliphatic hydroxyl groups is 1. The lowest BCUT2D eigenvalue weighted by molar-refractivity contribution is 0.197. The Bertz CT molecular complexity index is 539. The molecule has 0 amide bonds. The molecule has 1 aromatic carbocycles. The summed E-state index contributed by atoms with van der Waals surface area (Å²) >= 11 is 0. The van der Waals surface area contributed by atoms with Crippen LogP contribution >= 0.6 is 0 Å². The zero-order chi connectivity index (χ0) is 12.4. The number of aromatic nitrogens is 2. The summed E-state index contributed by atoms with van der Waals surface area (Å²) in [6, 6.07) is 6.78. The molecule has 4 nitrogen and oxygen atoms in total. The summed E-state index contributed by atoms with van der Waals surface area (Å²) in [6.07, 6.45) is 1.04. The molecule has 0 radical (unpaired) electrons. The first-order valence-electron chi connectivity index (χ1n) is 5.39. The maximum absolute atomic E-state index is 9.49. The predicted molar refractivity (Wildman–Crippen MR) is 64.5 cm³/mol. The highest BCUT2D eigenvalue weighted by atomic mass is 16.3. The SMILES string of the molecule is Cc1nc(-c2cccc(O)c2)ncc1[C@H](C)O. The van der Waals surface area contributed by atoms with Gasteiger partial charge in [-0.25, -0.2) is 9.97 Å². The topological polar surface area (TPSA) is 66.2 Å². The number of phenolic OH excluding ortho intramolecular Hbond substituents is 1. The minimum absolute atomic E-state index is 0.184. The fourth-order valence-electron chi connectivity index (χ4n) is 1.67. The van der Waals surface area contributed by atoms with Crippen LogP contribution in [-0.4, -0.2) is 20.2 Å². The smallest absolute Gasteiger partial charge is 0.159 e. The van der Waals surface area contributed by atoms with E-state index in [1.54, 1.807) is 31.3 Å². The molecule has 88 valence electrons. The van der Waals surface area contributed by atoms with Gasteiger partial charge >= 0.3 is 0 Å². The molecule has 0 aliphatic carbocycles. The van der Waals surface area contributed by atoms with Gasteiger partial charge in [0.1, 0.15) is 5.75 Å². The third-order valence-corrected chi connectivity index (χ3v) is 2.57. The third-order valence-electron chi connectivity index (χ3n) is 2.57. The Labute approximate surface area is 99.6 Å². The summed E-state index contributed by atoms with van der Waals surface area (Å²) in [5, 5.41) is 18.9. The van der Waals surface area contributed by atoms with Crippen LogP contribution in [0, 0.1) is 6.92 Å². The molecule has 0 bridgehead atoms. The van der Waals surface area contributed by atoms with Crippen molar-refractivity contribution >= 4 is 0 Å². The highest BCUT2D eigenvalue weighted by Gasteiger charge is 2.09. The second-order valence-electron chi connectivity index (χ2n) is 3.96. The molecule has 0 aliphatic heterocycles. The van der Waals surface area contributed by atoms with Gasteiger partial charge in [-0.3, -0.25) is 0 Å². The highest BCUT2D eigenvalue weighted by molar-refractivity contribution is 5.57. The molecule has 2 aromatic rings. The van der Waals surface area contributed by atoms with Crippen LogP contribution in [0.5, 0.6) is 5.75 Å². The first kappa shape index (κ1) is 11.5. The van der Waals surface area contributed by atoms with Crippen LogP contribution in [-0.2, 0) is 0 Å². The molecule has 0 unspecified atom stereocenters. The van der Waals surface area contributed by atoms with E-state index in [-0.39, 0.29) is 5.75 Å². The lowest BCUT2D eigenvalue weighted by Crippen LogP contribution is -2.01. The molecule has 1 heterocycles.